The van der Waals surface area contributed by atoms with Gasteiger partial charge < -0.3 is 9.72 Å². The van der Waals surface area contributed by atoms with Crippen molar-refractivity contribution in [1.82, 2.24) is 9.97 Å². The fourth-order valence-electron chi connectivity index (χ4n) is 2.73. The molecule has 1 heterocycles. The first-order chi connectivity index (χ1) is 13.9. The van der Waals surface area contributed by atoms with E-state index in [1.54, 1.807) is 36.4 Å². The quantitative estimate of drug-likeness (QED) is 0.355. The Bertz CT molecular complexity index is 1220. The number of carbonyl (C=O) groups is 1. The number of imidazole rings is 1. The van der Waals surface area contributed by atoms with Gasteiger partial charge in [0.2, 0.25) is 0 Å². The average molecular weight is 451 g/mol. The second kappa shape index (κ2) is 7.91. The predicted octanol–water partition coefficient (Wildman–Crippen LogP) is 6.94. The summed E-state index contributed by atoms with van der Waals surface area (Å²) in [5.74, 6) is 0.0602. The SMILES string of the molecule is O=C(Nc1ccc(Cl)cc1F)Oc1ccc2nc(-c3c(Cl)cccc3Cl)[nH]c2c1. The van der Waals surface area contributed by atoms with Gasteiger partial charge in [0.25, 0.3) is 0 Å². The molecule has 0 spiro atoms. The first-order valence-electron chi connectivity index (χ1n) is 8.29. The van der Waals surface area contributed by atoms with Gasteiger partial charge in [0.1, 0.15) is 17.4 Å². The number of aromatic nitrogens is 2. The minimum absolute atomic E-state index is 0.0438. The highest BCUT2D eigenvalue weighted by Crippen LogP contribution is 2.34. The van der Waals surface area contributed by atoms with Crippen molar-refractivity contribution in [1.29, 1.82) is 0 Å². The number of H-pyrrole nitrogens is 1. The molecule has 2 N–H and O–H groups in total. The molecule has 0 atom stereocenters. The lowest BCUT2D eigenvalue weighted by molar-refractivity contribution is 0.215. The molecule has 0 aliphatic rings. The standard InChI is InChI=1S/C20H11Cl3FN3O2/c21-10-4-6-15(14(24)8-10)27-20(28)29-11-5-7-16-17(9-11)26-19(25-16)18-12(22)2-1-3-13(18)23/h1-9H,(H,25,26)(H,27,28). The number of nitrogens with zero attached hydrogens (tertiary/aromatic N) is 1. The van der Waals surface area contributed by atoms with Crippen LogP contribution in [0.25, 0.3) is 22.4 Å². The lowest BCUT2D eigenvalue weighted by Gasteiger charge is -2.07. The van der Waals surface area contributed by atoms with E-state index in [9.17, 15) is 9.18 Å². The Morgan fingerprint density at radius 3 is 2.52 bits per heavy atom. The number of amides is 1. The Morgan fingerprint density at radius 1 is 1.03 bits per heavy atom. The largest absolute Gasteiger partial charge is 0.417 e. The predicted molar refractivity (Wildman–Crippen MR) is 113 cm³/mol. The Labute approximate surface area is 179 Å². The van der Waals surface area contributed by atoms with E-state index in [0.29, 0.717) is 32.5 Å². The Balaban J connectivity index is 1.57. The topological polar surface area (TPSA) is 67.0 Å². The number of nitrogens with one attached hydrogen (secondary N) is 2. The van der Waals surface area contributed by atoms with Crippen LogP contribution in [0, 0.1) is 5.82 Å². The van der Waals surface area contributed by atoms with E-state index in [4.69, 9.17) is 39.5 Å². The van der Waals surface area contributed by atoms with Gasteiger partial charge >= 0.3 is 6.09 Å². The lowest BCUT2D eigenvalue weighted by Crippen LogP contribution is -2.17. The van der Waals surface area contributed by atoms with Crippen LogP contribution < -0.4 is 10.1 Å². The molecule has 1 amide bonds. The summed E-state index contributed by atoms with van der Waals surface area (Å²) < 4.78 is 19.0. The average Bonchev–Trinajstić information content (AvgIpc) is 3.06. The number of halogens is 4. The summed E-state index contributed by atoms with van der Waals surface area (Å²) in [4.78, 5) is 19.7. The van der Waals surface area contributed by atoms with E-state index in [1.807, 2.05) is 0 Å². The summed E-state index contributed by atoms with van der Waals surface area (Å²) >= 11 is 18.2. The van der Waals surface area contributed by atoms with Crippen molar-refractivity contribution < 1.29 is 13.9 Å². The second-order valence-corrected chi connectivity index (χ2v) is 7.25. The van der Waals surface area contributed by atoms with Crippen molar-refractivity contribution >= 4 is 57.6 Å². The van der Waals surface area contributed by atoms with Gasteiger partial charge in [-0.1, -0.05) is 40.9 Å². The van der Waals surface area contributed by atoms with Crippen LogP contribution in [0.4, 0.5) is 14.9 Å². The number of benzene rings is 3. The van der Waals surface area contributed by atoms with E-state index in [2.05, 4.69) is 15.3 Å². The molecule has 0 bridgehead atoms. The number of aromatic amines is 1. The number of fused-ring (bicyclic) bond motifs is 1. The third kappa shape index (κ3) is 4.15. The van der Waals surface area contributed by atoms with Crippen LogP contribution in [0.2, 0.25) is 15.1 Å². The van der Waals surface area contributed by atoms with Crippen LogP contribution in [0.5, 0.6) is 5.75 Å². The number of hydrogen-bond acceptors (Lipinski definition) is 3. The van der Waals surface area contributed by atoms with Gasteiger partial charge in [-0.15, -0.1) is 0 Å². The van der Waals surface area contributed by atoms with Gasteiger partial charge in [0.05, 0.1) is 32.3 Å². The van der Waals surface area contributed by atoms with E-state index in [1.165, 1.54) is 12.1 Å². The van der Waals surface area contributed by atoms with E-state index >= 15 is 0 Å². The molecule has 0 radical (unpaired) electrons. The zero-order valence-electron chi connectivity index (χ0n) is 14.5. The smallest absolute Gasteiger partial charge is 0.410 e. The maximum atomic E-state index is 13.8. The summed E-state index contributed by atoms with van der Waals surface area (Å²) in [5.41, 5.74) is 1.77. The van der Waals surface area contributed by atoms with Gasteiger partial charge in [0.15, 0.2) is 0 Å². The molecule has 29 heavy (non-hydrogen) atoms. The van der Waals surface area contributed by atoms with E-state index < -0.39 is 11.9 Å². The molecule has 0 saturated carbocycles. The Kier molecular flexibility index (Phi) is 5.32. The van der Waals surface area contributed by atoms with Gasteiger partial charge in [-0.25, -0.2) is 14.2 Å². The van der Waals surface area contributed by atoms with Crippen molar-refractivity contribution in [3.05, 3.63) is 75.5 Å². The molecule has 0 aliphatic carbocycles. The molecule has 1 aromatic heterocycles. The summed E-state index contributed by atoms with van der Waals surface area (Å²) in [6.45, 7) is 0. The highest BCUT2D eigenvalue weighted by atomic mass is 35.5. The molecule has 9 heteroatoms. The number of rotatable bonds is 3. The summed E-state index contributed by atoms with van der Waals surface area (Å²) in [6, 6.07) is 13.9. The monoisotopic (exact) mass is 449 g/mol. The maximum Gasteiger partial charge on any atom is 0.417 e. The van der Waals surface area contributed by atoms with Gasteiger partial charge in [-0.3, -0.25) is 5.32 Å². The van der Waals surface area contributed by atoms with Gasteiger partial charge in [-0.05, 0) is 42.5 Å². The van der Waals surface area contributed by atoms with Crippen molar-refractivity contribution in [2.75, 3.05) is 5.32 Å². The van der Waals surface area contributed by atoms with Gasteiger partial charge in [0, 0.05) is 11.1 Å². The third-order valence-corrected chi connectivity index (χ3v) is 4.90. The van der Waals surface area contributed by atoms with Crippen LogP contribution in [-0.2, 0) is 0 Å². The molecule has 0 unspecified atom stereocenters. The van der Waals surface area contributed by atoms with Crippen molar-refractivity contribution in [3.8, 4) is 17.1 Å². The number of hydrogen-bond donors (Lipinski definition) is 2. The summed E-state index contributed by atoms with van der Waals surface area (Å²) in [5, 5.41) is 3.46. The minimum Gasteiger partial charge on any atom is -0.410 e. The van der Waals surface area contributed by atoms with Crippen LogP contribution >= 0.6 is 34.8 Å². The first-order valence-corrected chi connectivity index (χ1v) is 9.42. The molecular formula is C20H11Cl3FN3O2. The second-order valence-electron chi connectivity index (χ2n) is 6.00. The zero-order chi connectivity index (χ0) is 20.5. The first kappa shape index (κ1) is 19.5. The molecule has 4 rings (SSSR count). The van der Waals surface area contributed by atoms with Crippen LogP contribution in [0.15, 0.2) is 54.6 Å². The summed E-state index contributed by atoms with van der Waals surface area (Å²) in [6.07, 6.45) is -0.848. The van der Waals surface area contributed by atoms with Crippen molar-refractivity contribution in [2.24, 2.45) is 0 Å². The molecule has 0 aliphatic heterocycles. The third-order valence-electron chi connectivity index (χ3n) is 4.03. The lowest BCUT2D eigenvalue weighted by atomic mass is 10.2. The molecule has 5 nitrogen and oxygen atoms in total. The molecule has 146 valence electrons. The Hall–Kier alpha value is -2.80. The maximum absolute atomic E-state index is 13.8. The Morgan fingerprint density at radius 2 is 1.79 bits per heavy atom. The molecule has 0 saturated heterocycles. The normalized spacial score (nSPS) is 10.9. The molecular weight excluding hydrogens is 440 g/mol. The van der Waals surface area contributed by atoms with Crippen molar-refractivity contribution in [3.63, 3.8) is 0 Å². The van der Waals surface area contributed by atoms with E-state index in [0.717, 1.165) is 6.07 Å². The fourth-order valence-corrected chi connectivity index (χ4v) is 3.46. The van der Waals surface area contributed by atoms with Crippen LogP contribution in [-0.4, -0.2) is 16.1 Å². The molecule has 0 fully saturated rings. The number of ether oxygens (including phenoxy) is 1. The van der Waals surface area contributed by atoms with Crippen molar-refractivity contribution in [2.45, 2.75) is 0 Å². The number of carbonyl (C=O) groups excluding carboxylic acids is 1. The van der Waals surface area contributed by atoms with E-state index in [-0.39, 0.29) is 16.5 Å². The van der Waals surface area contributed by atoms with Crippen LogP contribution in [0.3, 0.4) is 0 Å². The molecule has 3 aromatic carbocycles. The van der Waals surface area contributed by atoms with Gasteiger partial charge in [-0.2, -0.15) is 0 Å². The highest BCUT2D eigenvalue weighted by molar-refractivity contribution is 6.39. The zero-order valence-corrected chi connectivity index (χ0v) is 16.7. The molecule has 4 aromatic rings. The number of anilines is 1. The highest BCUT2D eigenvalue weighted by Gasteiger charge is 2.14. The minimum atomic E-state index is -0.848. The fraction of sp³-hybridized carbons (Fsp3) is 0. The van der Waals surface area contributed by atoms with Crippen LogP contribution in [0.1, 0.15) is 0 Å². The summed E-state index contributed by atoms with van der Waals surface area (Å²) in [7, 11) is 0.